The van der Waals surface area contributed by atoms with Gasteiger partial charge in [-0.05, 0) is 24.6 Å². The van der Waals surface area contributed by atoms with Crippen LogP contribution in [0.1, 0.15) is 5.56 Å². The zero-order valence-electron chi connectivity index (χ0n) is 10.8. The Morgan fingerprint density at radius 1 is 1.26 bits per heavy atom. The number of esters is 2. The summed E-state index contributed by atoms with van der Waals surface area (Å²) >= 11 is 0. The third-order valence-corrected chi connectivity index (χ3v) is 2.32. The first-order chi connectivity index (χ1) is 8.97. The Hall–Kier alpha value is -2.37. The van der Waals surface area contributed by atoms with E-state index >= 15 is 0 Å². The van der Waals surface area contributed by atoms with Crippen molar-refractivity contribution in [3.63, 3.8) is 0 Å². The Bertz CT molecular complexity index is 525. The second-order valence-corrected chi connectivity index (χ2v) is 3.66. The van der Waals surface area contributed by atoms with Gasteiger partial charge in [-0.2, -0.15) is 0 Å². The fraction of sp³-hybridized carbons (Fsp3) is 0.231. The number of halogens is 1. The molecular weight excluding hydrogens is 253 g/mol. The van der Waals surface area contributed by atoms with E-state index in [2.05, 4.69) is 14.8 Å². The SMILES string of the molecule is COC(=O)/C=C(/Nc1ccc(C)c(F)c1)C(=O)OC. The van der Waals surface area contributed by atoms with Crippen LogP contribution in [0.3, 0.4) is 0 Å². The second-order valence-electron chi connectivity index (χ2n) is 3.66. The van der Waals surface area contributed by atoms with Crippen molar-refractivity contribution in [2.45, 2.75) is 6.92 Å². The van der Waals surface area contributed by atoms with Gasteiger partial charge in [0.1, 0.15) is 11.5 Å². The summed E-state index contributed by atoms with van der Waals surface area (Å²) in [6.07, 6.45) is 0.934. The van der Waals surface area contributed by atoms with E-state index in [1.54, 1.807) is 19.1 Å². The lowest BCUT2D eigenvalue weighted by atomic mass is 10.2. The first-order valence-electron chi connectivity index (χ1n) is 5.39. The van der Waals surface area contributed by atoms with E-state index in [4.69, 9.17) is 0 Å². The van der Waals surface area contributed by atoms with Gasteiger partial charge < -0.3 is 14.8 Å². The molecule has 1 N–H and O–H groups in total. The van der Waals surface area contributed by atoms with Crippen LogP contribution >= 0.6 is 0 Å². The molecule has 0 spiro atoms. The lowest BCUT2D eigenvalue weighted by Gasteiger charge is -2.09. The van der Waals surface area contributed by atoms with Crippen molar-refractivity contribution in [3.8, 4) is 0 Å². The summed E-state index contributed by atoms with van der Waals surface area (Å²) in [5.41, 5.74) is 0.656. The number of ether oxygens (including phenoxy) is 2. The van der Waals surface area contributed by atoms with Crippen molar-refractivity contribution in [2.75, 3.05) is 19.5 Å². The molecule has 0 heterocycles. The van der Waals surface area contributed by atoms with Gasteiger partial charge in [0.2, 0.25) is 0 Å². The lowest BCUT2D eigenvalue weighted by molar-refractivity contribution is -0.138. The highest BCUT2D eigenvalue weighted by molar-refractivity contribution is 5.98. The van der Waals surface area contributed by atoms with Crippen LogP contribution in [-0.2, 0) is 19.1 Å². The van der Waals surface area contributed by atoms with Crippen molar-refractivity contribution in [2.24, 2.45) is 0 Å². The van der Waals surface area contributed by atoms with Gasteiger partial charge in [0.15, 0.2) is 0 Å². The van der Waals surface area contributed by atoms with Crippen molar-refractivity contribution in [3.05, 3.63) is 41.4 Å². The molecule has 0 atom stereocenters. The van der Waals surface area contributed by atoms with Gasteiger partial charge in [-0.25, -0.2) is 14.0 Å². The lowest BCUT2D eigenvalue weighted by Crippen LogP contribution is -2.15. The maximum Gasteiger partial charge on any atom is 0.354 e. The van der Waals surface area contributed by atoms with E-state index in [-0.39, 0.29) is 5.70 Å². The number of anilines is 1. The van der Waals surface area contributed by atoms with Crippen LogP contribution < -0.4 is 5.32 Å². The Labute approximate surface area is 110 Å². The third kappa shape index (κ3) is 4.09. The molecule has 0 aromatic heterocycles. The zero-order chi connectivity index (χ0) is 14.4. The number of hydrogen-bond donors (Lipinski definition) is 1. The predicted molar refractivity (Wildman–Crippen MR) is 66.9 cm³/mol. The fourth-order valence-electron chi connectivity index (χ4n) is 1.26. The minimum atomic E-state index is -0.758. The molecule has 0 saturated carbocycles. The van der Waals surface area contributed by atoms with Gasteiger partial charge in [-0.1, -0.05) is 6.07 Å². The normalized spacial score (nSPS) is 10.8. The molecule has 0 aliphatic heterocycles. The highest BCUT2D eigenvalue weighted by atomic mass is 19.1. The van der Waals surface area contributed by atoms with E-state index in [1.807, 2.05) is 0 Å². The molecule has 0 fully saturated rings. The highest BCUT2D eigenvalue weighted by Crippen LogP contribution is 2.16. The number of aryl methyl sites for hydroxylation is 1. The molecular formula is C13H14FNO4. The van der Waals surface area contributed by atoms with Gasteiger partial charge in [-0.3, -0.25) is 0 Å². The maximum absolute atomic E-state index is 13.4. The highest BCUT2D eigenvalue weighted by Gasteiger charge is 2.13. The summed E-state index contributed by atoms with van der Waals surface area (Å²) in [5.74, 6) is -1.90. The Morgan fingerprint density at radius 3 is 2.47 bits per heavy atom. The monoisotopic (exact) mass is 267 g/mol. The van der Waals surface area contributed by atoms with Crippen LogP contribution in [0.2, 0.25) is 0 Å². The molecule has 102 valence electrons. The van der Waals surface area contributed by atoms with Crippen LogP contribution in [0, 0.1) is 12.7 Å². The van der Waals surface area contributed by atoms with Gasteiger partial charge in [0.05, 0.1) is 20.3 Å². The van der Waals surface area contributed by atoms with E-state index in [0.29, 0.717) is 11.3 Å². The fourth-order valence-corrected chi connectivity index (χ4v) is 1.26. The minimum Gasteiger partial charge on any atom is -0.466 e. The number of benzene rings is 1. The Balaban J connectivity index is 3.00. The summed E-state index contributed by atoms with van der Waals surface area (Å²) in [6, 6.07) is 4.33. The first kappa shape index (κ1) is 14.7. The van der Waals surface area contributed by atoms with E-state index in [0.717, 1.165) is 6.08 Å². The molecule has 0 aliphatic carbocycles. The van der Waals surface area contributed by atoms with Crippen molar-refractivity contribution >= 4 is 17.6 Å². The molecule has 0 saturated heterocycles. The topological polar surface area (TPSA) is 64.6 Å². The second kappa shape index (κ2) is 6.53. The quantitative estimate of drug-likeness (QED) is 0.665. The average Bonchev–Trinajstić information content (AvgIpc) is 2.41. The molecule has 0 unspecified atom stereocenters. The van der Waals surface area contributed by atoms with Crippen LogP contribution in [0.4, 0.5) is 10.1 Å². The van der Waals surface area contributed by atoms with Gasteiger partial charge in [0, 0.05) is 5.69 Å². The van der Waals surface area contributed by atoms with Crippen molar-refractivity contribution in [1.82, 2.24) is 0 Å². The van der Waals surface area contributed by atoms with Crippen LogP contribution in [0.15, 0.2) is 30.0 Å². The Morgan fingerprint density at radius 2 is 1.95 bits per heavy atom. The smallest absolute Gasteiger partial charge is 0.354 e. The summed E-state index contributed by atoms with van der Waals surface area (Å²) < 4.78 is 22.3. The van der Waals surface area contributed by atoms with E-state index in [9.17, 15) is 14.0 Å². The maximum atomic E-state index is 13.4. The molecule has 0 bridgehead atoms. The number of carbonyl (C=O) groups excluding carboxylic acids is 2. The van der Waals surface area contributed by atoms with Crippen LogP contribution in [-0.4, -0.2) is 26.2 Å². The molecule has 5 nitrogen and oxygen atoms in total. The Kier molecular flexibility index (Phi) is 5.05. The van der Waals surface area contributed by atoms with Crippen LogP contribution in [0.5, 0.6) is 0 Å². The molecule has 0 radical (unpaired) electrons. The third-order valence-electron chi connectivity index (χ3n) is 2.32. The number of hydrogen-bond acceptors (Lipinski definition) is 5. The molecule has 1 aromatic rings. The molecule has 0 aliphatic rings. The van der Waals surface area contributed by atoms with Crippen molar-refractivity contribution in [1.29, 1.82) is 0 Å². The zero-order valence-corrected chi connectivity index (χ0v) is 10.8. The average molecular weight is 267 g/mol. The molecule has 0 amide bonds. The summed E-state index contributed by atoms with van der Waals surface area (Å²) in [4.78, 5) is 22.6. The van der Waals surface area contributed by atoms with Gasteiger partial charge in [0.25, 0.3) is 0 Å². The number of nitrogens with one attached hydrogen (secondary N) is 1. The number of carbonyl (C=O) groups is 2. The molecule has 19 heavy (non-hydrogen) atoms. The van der Waals surface area contributed by atoms with E-state index < -0.39 is 17.8 Å². The largest absolute Gasteiger partial charge is 0.466 e. The van der Waals surface area contributed by atoms with Crippen LogP contribution in [0.25, 0.3) is 0 Å². The standard InChI is InChI=1S/C13H14FNO4/c1-8-4-5-9(6-10(8)14)15-11(13(17)19-3)7-12(16)18-2/h4-7,15H,1-3H3/b11-7+. The van der Waals surface area contributed by atoms with Gasteiger partial charge in [-0.15, -0.1) is 0 Å². The van der Waals surface area contributed by atoms with Crippen molar-refractivity contribution < 1.29 is 23.5 Å². The predicted octanol–water partition coefficient (Wildman–Crippen LogP) is 1.78. The number of methoxy groups -OCH3 is 2. The summed E-state index contributed by atoms with van der Waals surface area (Å²) in [6.45, 7) is 1.62. The summed E-state index contributed by atoms with van der Waals surface area (Å²) in [7, 11) is 2.35. The first-order valence-corrected chi connectivity index (χ1v) is 5.39. The molecule has 1 rings (SSSR count). The molecule has 1 aromatic carbocycles. The molecule has 6 heteroatoms. The minimum absolute atomic E-state index is 0.141. The van der Waals surface area contributed by atoms with E-state index in [1.165, 1.54) is 20.3 Å². The van der Waals surface area contributed by atoms with Gasteiger partial charge >= 0.3 is 11.9 Å². The number of rotatable bonds is 4. The summed E-state index contributed by atoms with van der Waals surface area (Å²) in [5, 5.41) is 2.61.